The average Bonchev–Trinajstić information content (AvgIpc) is 2.30. The minimum absolute atomic E-state index is 0.0813. The fraction of sp³-hybridized carbons (Fsp3) is 0.200. The van der Waals surface area contributed by atoms with Crippen molar-refractivity contribution in [2.24, 2.45) is 0 Å². The SMILES string of the molecule is O=C(O)C(=O)c1c(O)c(F)cc2c1OCCO2. The highest BCUT2D eigenvalue weighted by atomic mass is 19.1. The van der Waals surface area contributed by atoms with Crippen LogP contribution in [0.4, 0.5) is 4.39 Å². The standard InChI is InChI=1S/C10H7FO6/c11-4-3-5-9(17-2-1-16-5)6(7(4)12)8(13)10(14)15/h3,12H,1-2H2,(H,14,15). The summed E-state index contributed by atoms with van der Waals surface area (Å²) in [6.45, 7) is 0.232. The normalized spacial score (nSPS) is 13.2. The number of ketones is 1. The molecule has 17 heavy (non-hydrogen) atoms. The zero-order valence-electron chi connectivity index (χ0n) is 8.40. The van der Waals surface area contributed by atoms with Crippen LogP contribution < -0.4 is 9.47 Å². The summed E-state index contributed by atoms with van der Waals surface area (Å²) in [7, 11) is 0. The molecule has 0 aromatic heterocycles. The van der Waals surface area contributed by atoms with Gasteiger partial charge in [0.1, 0.15) is 18.8 Å². The van der Waals surface area contributed by atoms with Gasteiger partial charge in [-0.05, 0) is 0 Å². The molecule has 0 saturated carbocycles. The Morgan fingerprint density at radius 3 is 2.59 bits per heavy atom. The fourth-order valence-corrected chi connectivity index (χ4v) is 1.46. The van der Waals surface area contributed by atoms with Gasteiger partial charge in [-0.1, -0.05) is 0 Å². The number of hydrogen-bond acceptors (Lipinski definition) is 5. The number of fused-ring (bicyclic) bond motifs is 1. The monoisotopic (exact) mass is 242 g/mol. The minimum Gasteiger partial charge on any atom is -0.504 e. The first kappa shape index (κ1) is 11.2. The van der Waals surface area contributed by atoms with E-state index in [4.69, 9.17) is 14.6 Å². The van der Waals surface area contributed by atoms with E-state index in [1.807, 2.05) is 0 Å². The van der Waals surface area contributed by atoms with Crippen LogP contribution in [0.3, 0.4) is 0 Å². The number of carbonyl (C=O) groups excluding carboxylic acids is 1. The number of phenols is 1. The number of benzene rings is 1. The molecule has 0 bridgehead atoms. The van der Waals surface area contributed by atoms with Crippen LogP contribution in [0.1, 0.15) is 10.4 Å². The maximum atomic E-state index is 13.3. The molecule has 6 nitrogen and oxygen atoms in total. The molecule has 7 heteroatoms. The van der Waals surface area contributed by atoms with E-state index in [-0.39, 0.29) is 24.7 Å². The Kier molecular flexibility index (Phi) is 2.58. The smallest absolute Gasteiger partial charge is 0.377 e. The lowest BCUT2D eigenvalue weighted by Gasteiger charge is -2.20. The van der Waals surface area contributed by atoms with Crippen LogP contribution in [0.15, 0.2) is 6.07 Å². The largest absolute Gasteiger partial charge is 0.504 e. The molecule has 2 rings (SSSR count). The van der Waals surface area contributed by atoms with Crippen LogP contribution in [0.2, 0.25) is 0 Å². The third-order valence-electron chi connectivity index (χ3n) is 2.18. The number of rotatable bonds is 2. The number of aliphatic carboxylic acids is 1. The van der Waals surface area contributed by atoms with Crippen LogP contribution in [0.5, 0.6) is 17.2 Å². The molecule has 1 aromatic carbocycles. The Morgan fingerprint density at radius 2 is 1.94 bits per heavy atom. The Balaban J connectivity index is 2.66. The number of hydrogen-bond donors (Lipinski definition) is 2. The van der Waals surface area contributed by atoms with E-state index >= 15 is 0 Å². The molecule has 0 radical (unpaired) electrons. The van der Waals surface area contributed by atoms with Gasteiger partial charge in [0.05, 0.1) is 0 Å². The molecule has 0 atom stereocenters. The zero-order valence-corrected chi connectivity index (χ0v) is 8.40. The first-order valence-corrected chi connectivity index (χ1v) is 4.61. The van der Waals surface area contributed by atoms with Gasteiger partial charge in [-0.2, -0.15) is 0 Å². The van der Waals surface area contributed by atoms with Gasteiger partial charge < -0.3 is 19.7 Å². The molecule has 0 aliphatic carbocycles. The molecule has 0 unspecified atom stereocenters. The van der Waals surface area contributed by atoms with Crippen LogP contribution in [-0.4, -0.2) is 35.2 Å². The highest BCUT2D eigenvalue weighted by molar-refractivity contribution is 6.41. The van der Waals surface area contributed by atoms with Crippen molar-refractivity contribution in [3.05, 3.63) is 17.4 Å². The Labute approximate surface area is 94.2 Å². The zero-order chi connectivity index (χ0) is 12.6. The van der Waals surface area contributed by atoms with E-state index in [1.54, 1.807) is 0 Å². The van der Waals surface area contributed by atoms with Gasteiger partial charge >= 0.3 is 5.97 Å². The third-order valence-corrected chi connectivity index (χ3v) is 2.18. The number of phenolic OH excluding ortho intramolecular Hbond substituents is 1. The number of Topliss-reactive ketones (excluding diaryl/α,β-unsaturated/α-hetero) is 1. The second-order valence-electron chi connectivity index (χ2n) is 3.24. The summed E-state index contributed by atoms with van der Waals surface area (Å²) in [5, 5.41) is 18.0. The molecular weight excluding hydrogens is 235 g/mol. The van der Waals surface area contributed by atoms with Gasteiger partial charge in [-0.15, -0.1) is 0 Å². The van der Waals surface area contributed by atoms with Crippen molar-refractivity contribution in [1.29, 1.82) is 0 Å². The molecule has 0 saturated heterocycles. The molecule has 0 amide bonds. The molecule has 1 aliphatic heterocycles. The Bertz CT molecular complexity index is 510. The van der Waals surface area contributed by atoms with E-state index < -0.39 is 28.9 Å². The van der Waals surface area contributed by atoms with Crippen molar-refractivity contribution in [1.82, 2.24) is 0 Å². The van der Waals surface area contributed by atoms with Crippen LogP contribution in [0, 0.1) is 5.82 Å². The minimum atomic E-state index is -1.82. The number of carbonyl (C=O) groups is 2. The van der Waals surface area contributed by atoms with Crippen LogP contribution in [0.25, 0.3) is 0 Å². The van der Waals surface area contributed by atoms with E-state index in [1.165, 1.54) is 0 Å². The van der Waals surface area contributed by atoms with E-state index in [9.17, 15) is 19.1 Å². The molecule has 2 N–H and O–H groups in total. The van der Waals surface area contributed by atoms with Gasteiger partial charge in [-0.3, -0.25) is 4.79 Å². The maximum Gasteiger partial charge on any atom is 0.377 e. The van der Waals surface area contributed by atoms with Crippen LogP contribution >= 0.6 is 0 Å². The predicted octanol–water partition coefficient (Wildman–Crippen LogP) is 0.570. The number of halogens is 1. The summed E-state index contributed by atoms with van der Waals surface area (Å²) in [6.07, 6.45) is 0. The molecule has 0 fully saturated rings. The number of ether oxygens (including phenoxy) is 2. The topological polar surface area (TPSA) is 93.1 Å². The number of aromatic hydroxyl groups is 1. The lowest BCUT2D eigenvalue weighted by Crippen LogP contribution is -2.21. The summed E-state index contributed by atoms with van der Waals surface area (Å²) in [5.74, 6) is -5.81. The average molecular weight is 242 g/mol. The first-order chi connectivity index (χ1) is 8.02. The van der Waals surface area contributed by atoms with Crippen molar-refractivity contribution in [3.8, 4) is 17.2 Å². The maximum absolute atomic E-state index is 13.3. The van der Waals surface area contributed by atoms with Gasteiger partial charge in [0.15, 0.2) is 23.1 Å². The van der Waals surface area contributed by atoms with E-state index in [0.29, 0.717) is 0 Å². The van der Waals surface area contributed by atoms with Gasteiger partial charge in [0.2, 0.25) is 0 Å². The van der Waals surface area contributed by atoms with Gasteiger partial charge in [0, 0.05) is 6.07 Å². The van der Waals surface area contributed by atoms with Gasteiger partial charge in [-0.25, -0.2) is 9.18 Å². The summed E-state index contributed by atoms with van der Waals surface area (Å²) in [4.78, 5) is 21.9. The Hall–Kier alpha value is -2.31. The molecule has 1 heterocycles. The van der Waals surface area contributed by atoms with E-state index in [0.717, 1.165) is 6.07 Å². The van der Waals surface area contributed by atoms with Crippen molar-refractivity contribution in [2.75, 3.05) is 13.2 Å². The van der Waals surface area contributed by atoms with Crippen LogP contribution in [-0.2, 0) is 4.79 Å². The Morgan fingerprint density at radius 1 is 1.29 bits per heavy atom. The van der Waals surface area contributed by atoms with Crippen molar-refractivity contribution in [2.45, 2.75) is 0 Å². The molecular formula is C10H7FO6. The van der Waals surface area contributed by atoms with Crippen molar-refractivity contribution >= 4 is 11.8 Å². The predicted molar refractivity (Wildman–Crippen MR) is 51.0 cm³/mol. The molecule has 90 valence electrons. The molecule has 1 aromatic rings. The van der Waals surface area contributed by atoms with Crippen molar-refractivity contribution in [3.63, 3.8) is 0 Å². The lowest BCUT2D eigenvalue weighted by molar-refractivity contribution is -0.131. The highest BCUT2D eigenvalue weighted by Gasteiger charge is 2.31. The summed E-state index contributed by atoms with van der Waals surface area (Å²) >= 11 is 0. The quantitative estimate of drug-likeness (QED) is 0.581. The highest BCUT2D eigenvalue weighted by Crippen LogP contribution is 2.41. The van der Waals surface area contributed by atoms with Gasteiger partial charge in [0.25, 0.3) is 5.78 Å². The molecule has 1 aliphatic rings. The fourth-order valence-electron chi connectivity index (χ4n) is 1.46. The summed E-state index contributed by atoms with van der Waals surface area (Å²) < 4.78 is 23.3. The third kappa shape index (κ3) is 1.75. The summed E-state index contributed by atoms with van der Waals surface area (Å²) in [6, 6.07) is 0.836. The van der Waals surface area contributed by atoms with E-state index in [2.05, 4.69) is 0 Å². The second kappa shape index (κ2) is 3.93. The van der Waals surface area contributed by atoms with Crippen molar-refractivity contribution < 1.29 is 33.7 Å². The lowest BCUT2D eigenvalue weighted by atomic mass is 10.1. The summed E-state index contributed by atoms with van der Waals surface area (Å²) in [5.41, 5.74) is -0.729. The molecule has 0 spiro atoms. The number of carboxylic acids is 1. The number of carboxylic acid groups (broad SMARTS) is 1. The second-order valence-corrected chi connectivity index (χ2v) is 3.24. The first-order valence-electron chi connectivity index (χ1n) is 4.61.